The molecule has 10 aromatic rings. The number of anilines is 3. The molecule has 1 heteroatoms. The summed E-state index contributed by atoms with van der Waals surface area (Å²) >= 11 is 0. The van der Waals surface area contributed by atoms with Gasteiger partial charge in [0.05, 0.1) is 11.1 Å². The monoisotopic (exact) mass is 825 g/mol. The summed E-state index contributed by atoms with van der Waals surface area (Å²) in [6.45, 7) is 0. The summed E-state index contributed by atoms with van der Waals surface area (Å²) in [6.07, 6.45) is 3.26. The number of allylic oxidation sites excluding steroid dienone is 1. The van der Waals surface area contributed by atoms with Crippen molar-refractivity contribution in [2.24, 2.45) is 0 Å². The molecule has 0 saturated heterocycles. The van der Waals surface area contributed by atoms with Crippen LogP contribution in [0.3, 0.4) is 0 Å². The molecule has 1 spiro atoms. The average molecular weight is 826 g/mol. The van der Waals surface area contributed by atoms with Gasteiger partial charge >= 0.3 is 0 Å². The van der Waals surface area contributed by atoms with Crippen LogP contribution in [0.15, 0.2) is 243 Å². The molecule has 0 aromatic heterocycles. The largest absolute Gasteiger partial charge is 0.310 e. The van der Waals surface area contributed by atoms with Gasteiger partial charge in [0.25, 0.3) is 0 Å². The van der Waals surface area contributed by atoms with Gasteiger partial charge in [0.1, 0.15) is 0 Å². The van der Waals surface area contributed by atoms with E-state index in [4.69, 9.17) is 0 Å². The number of benzene rings is 10. The Kier molecular flexibility index (Phi) is 8.57. The second-order valence-electron chi connectivity index (χ2n) is 17.6. The van der Waals surface area contributed by atoms with Crippen LogP contribution < -0.4 is 4.90 Å². The highest BCUT2D eigenvalue weighted by atomic mass is 15.1. The molecule has 0 saturated carbocycles. The first-order chi connectivity index (χ1) is 32.2. The summed E-state index contributed by atoms with van der Waals surface area (Å²) in [5.41, 5.74) is 26.1. The minimum absolute atomic E-state index is 0.427. The Morgan fingerprint density at radius 3 is 1.45 bits per heavy atom. The Bertz CT molecular complexity index is 3440. The van der Waals surface area contributed by atoms with E-state index in [1.165, 1.54) is 100 Å². The molecule has 10 aromatic carbocycles. The lowest BCUT2D eigenvalue weighted by Crippen LogP contribution is -2.26. The third-order valence-electron chi connectivity index (χ3n) is 14.1. The van der Waals surface area contributed by atoms with Crippen LogP contribution in [0.5, 0.6) is 0 Å². The Morgan fingerprint density at radius 1 is 0.323 bits per heavy atom. The third-order valence-corrected chi connectivity index (χ3v) is 14.1. The maximum absolute atomic E-state index is 2.48. The van der Waals surface area contributed by atoms with Gasteiger partial charge < -0.3 is 4.90 Å². The Morgan fingerprint density at radius 2 is 0.800 bits per heavy atom. The molecule has 0 N–H and O–H groups in total. The topological polar surface area (TPSA) is 3.24 Å². The molecule has 0 heterocycles. The summed E-state index contributed by atoms with van der Waals surface area (Å²) in [6, 6.07) is 89.9. The van der Waals surface area contributed by atoms with Crippen LogP contribution in [0.2, 0.25) is 0 Å². The number of hydrogen-bond acceptors (Lipinski definition) is 1. The molecule has 3 aliphatic carbocycles. The van der Waals surface area contributed by atoms with E-state index in [0.717, 1.165) is 23.5 Å². The van der Waals surface area contributed by atoms with E-state index >= 15 is 0 Å². The summed E-state index contributed by atoms with van der Waals surface area (Å²) in [4.78, 5) is 2.48. The van der Waals surface area contributed by atoms with E-state index < -0.39 is 5.41 Å². The zero-order chi connectivity index (χ0) is 42.9. The van der Waals surface area contributed by atoms with Crippen molar-refractivity contribution < 1.29 is 0 Å². The minimum Gasteiger partial charge on any atom is -0.310 e. The van der Waals surface area contributed by atoms with Gasteiger partial charge in [-0.1, -0.05) is 212 Å². The summed E-state index contributed by atoms with van der Waals surface area (Å²) < 4.78 is 0. The molecule has 0 fully saturated rings. The van der Waals surface area contributed by atoms with Crippen molar-refractivity contribution in [3.63, 3.8) is 0 Å². The smallest absolute Gasteiger partial charge is 0.0726 e. The van der Waals surface area contributed by atoms with Crippen LogP contribution in [0, 0.1) is 0 Å². The van der Waals surface area contributed by atoms with Crippen molar-refractivity contribution in [1.29, 1.82) is 0 Å². The molecule has 304 valence electrons. The highest BCUT2D eigenvalue weighted by molar-refractivity contribution is 6.01. The molecule has 1 nitrogen and oxygen atoms in total. The first kappa shape index (κ1) is 37.3. The third kappa shape index (κ3) is 5.79. The Balaban J connectivity index is 0.962. The van der Waals surface area contributed by atoms with Gasteiger partial charge in [0.2, 0.25) is 0 Å². The summed E-state index contributed by atoms with van der Waals surface area (Å²) in [5.74, 6) is 0. The quantitative estimate of drug-likeness (QED) is 0.161. The second kappa shape index (κ2) is 14.9. The molecule has 0 unspecified atom stereocenters. The lowest BCUT2D eigenvalue weighted by molar-refractivity contribution is 0.794. The first-order valence-electron chi connectivity index (χ1n) is 22.7. The van der Waals surface area contributed by atoms with Gasteiger partial charge in [-0.05, 0) is 137 Å². The van der Waals surface area contributed by atoms with Crippen LogP contribution in [0.1, 0.15) is 38.9 Å². The maximum atomic E-state index is 2.48. The molecular formula is C64H43N. The lowest BCUT2D eigenvalue weighted by Gasteiger charge is -2.32. The molecule has 3 aliphatic rings. The van der Waals surface area contributed by atoms with Crippen molar-refractivity contribution in [3.8, 4) is 55.6 Å². The van der Waals surface area contributed by atoms with Crippen molar-refractivity contribution >= 4 is 28.7 Å². The highest BCUT2D eigenvalue weighted by Crippen LogP contribution is 2.64. The van der Waals surface area contributed by atoms with E-state index in [9.17, 15) is 0 Å². The second-order valence-corrected chi connectivity index (χ2v) is 17.6. The summed E-state index contributed by atoms with van der Waals surface area (Å²) in [7, 11) is 0. The van der Waals surface area contributed by atoms with Gasteiger partial charge in [-0.2, -0.15) is 0 Å². The SMILES string of the molecule is C1=C(c2ccccc2)Cc2ccc(-c3ccc(N(c4ccc(-c5ccccc5)cc4)c4cccc5c4-c4ccccc4C54c5ccccc5-c5ccccc54)cc3)cc2-c2ccccc21. The zero-order valence-electron chi connectivity index (χ0n) is 35.8. The molecule has 65 heavy (non-hydrogen) atoms. The number of hydrogen-bond donors (Lipinski definition) is 0. The fourth-order valence-electron chi connectivity index (χ4n) is 11.3. The van der Waals surface area contributed by atoms with Crippen molar-refractivity contribution in [1.82, 2.24) is 0 Å². The number of rotatable bonds is 6. The minimum atomic E-state index is -0.427. The van der Waals surface area contributed by atoms with Gasteiger partial charge in [-0.15, -0.1) is 0 Å². The maximum Gasteiger partial charge on any atom is 0.0726 e. The normalized spacial score (nSPS) is 13.4. The van der Waals surface area contributed by atoms with Crippen LogP contribution in [0.25, 0.3) is 67.3 Å². The zero-order valence-corrected chi connectivity index (χ0v) is 35.8. The fourth-order valence-corrected chi connectivity index (χ4v) is 11.3. The first-order valence-corrected chi connectivity index (χ1v) is 22.7. The predicted octanol–water partition coefficient (Wildman–Crippen LogP) is 16.6. The van der Waals surface area contributed by atoms with Gasteiger partial charge in [0, 0.05) is 16.9 Å². The van der Waals surface area contributed by atoms with E-state index in [2.05, 4.69) is 254 Å². The molecule has 0 bridgehead atoms. The highest BCUT2D eigenvalue weighted by Gasteiger charge is 2.52. The molecule has 0 radical (unpaired) electrons. The predicted molar refractivity (Wildman–Crippen MR) is 272 cm³/mol. The van der Waals surface area contributed by atoms with Crippen LogP contribution >= 0.6 is 0 Å². The number of fused-ring (bicyclic) bond motifs is 13. The van der Waals surface area contributed by atoms with Crippen LogP contribution in [-0.2, 0) is 11.8 Å². The molecule has 0 atom stereocenters. The number of nitrogens with zero attached hydrogens (tertiary/aromatic N) is 1. The van der Waals surface area contributed by atoms with Crippen molar-refractivity contribution in [2.45, 2.75) is 11.8 Å². The Labute approximate surface area is 380 Å². The van der Waals surface area contributed by atoms with E-state index in [1.54, 1.807) is 0 Å². The van der Waals surface area contributed by atoms with Crippen LogP contribution in [0.4, 0.5) is 17.1 Å². The van der Waals surface area contributed by atoms with Crippen molar-refractivity contribution in [3.05, 3.63) is 282 Å². The van der Waals surface area contributed by atoms with Gasteiger partial charge in [-0.25, -0.2) is 0 Å². The van der Waals surface area contributed by atoms with Crippen LogP contribution in [-0.4, -0.2) is 0 Å². The van der Waals surface area contributed by atoms with Crippen molar-refractivity contribution in [2.75, 3.05) is 4.90 Å². The summed E-state index contributed by atoms with van der Waals surface area (Å²) in [5, 5.41) is 0. The molecular weight excluding hydrogens is 783 g/mol. The standard InChI is InChI=1S/C64H43N/c1-3-16-43(17-4-1)45-32-36-51(37-33-45)65(62-29-15-28-61-63(62)56-24-11-14-27-60(56)64(61)58-25-12-9-22-54(58)55-23-10-13-26-59(55)64)52-38-34-46(35-39-52)47-30-31-49-41-50(44-18-5-2-6-19-44)40-48-20-7-8-21-53(48)57(49)42-47/h1-40,42H,41H2. The van der Waals surface area contributed by atoms with Gasteiger partial charge in [0.15, 0.2) is 0 Å². The van der Waals surface area contributed by atoms with E-state index in [-0.39, 0.29) is 0 Å². The lowest BCUT2D eigenvalue weighted by atomic mass is 9.70. The average Bonchev–Trinajstić information content (AvgIpc) is 3.78. The Hall–Kier alpha value is -8.26. The molecule has 13 rings (SSSR count). The van der Waals surface area contributed by atoms with Gasteiger partial charge in [-0.3, -0.25) is 0 Å². The fraction of sp³-hybridized carbons (Fsp3) is 0.0312. The molecule has 0 amide bonds. The van der Waals surface area contributed by atoms with E-state index in [0.29, 0.717) is 0 Å². The molecule has 0 aliphatic heterocycles. The van der Waals surface area contributed by atoms with E-state index in [1.807, 2.05) is 0 Å².